The topological polar surface area (TPSA) is 78.4 Å². The van der Waals surface area contributed by atoms with E-state index in [9.17, 15) is 9.90 Å². The first-order chi connectivity index (χ1) is 11.4. The van der Waals surface area contributed by atoms with Gasteiger partial charge in [0.25, 0.3) is 0 Å². The molecule has 1 aromatic rings. The zero-order valence-electron chi connectivity index (χ0n) is 15.2. The Morgan fingerprint density at radius 1 is 1.42 bits per heavy atom. The number of aryl methyl sites for hydroxylation is 2. The summed E-state index contributed by atoms with van der Waals surface area (Å²) in [5.41, 5.74) is 1.89. The van der Waals surface area contributed by atoms with Gasteiger partial charge in [-0.3, -0.25) is 4.79 Å². The Balaban J connectivity index is 2.03. The van der Waals surface area contributed by atoms with Crippen molar-refractivity contribution in [1.29, 1.82) is 0 Å². The number of aliphatic hydroxyl groups excluding tert-OH is 1. The number of aromatic nitrogens is 2. The molecule has 0 unspecified atom stereocenters. The fourth-order valence-electron chi connectivity index (χ4n) is 3.17. The Labute approximate surface area is 144 Å². The van der Waals surface area contributed by atoms with Crippen molar-refractivity contribution in [3.63, 3.8) is 0 Å². The van der Waals surface area contributed by atoms with E-state index >= 15 is 0 Å². The summed E-state index contributed by atoms with van der Waals surface area (Å²) in [7, 11) is 0. The molecule has 0 aliphatic carbocycles. The van der Waals surface area contributed by atoms with Crippen molar-refractivity contribution in [2.45, 2.75) is 53.0 Å². The quantitative estimate of drug-likeness (QED) is 0.830. The van der Waals surface area contributed by atoms with E-state index in [4.69, 9.17) is 0 Å². The Bertz CT molecular complexity index is 544. The maximum Gasteiger partial charge on any atom is 0.225 e. The molecular formula is C18H30N4O2. The zero-order chi connectivity index (χ0) is 17.7. The average Bonchev–Trinajstić information content (AvgIpc) is 2.58. The van der Waals surface area contributed by atoms with Crippen molar-refractivity contribution in [2.75, 3.05) is 24.6 Å². The zero-order valence-corrected chi connectivity index (χ0v) is 15.2. The molecule has 1 saturated heterocycles. The van der Waals surface area contributed by atoms with Gasteiger partial charge in [-0.25, -0.2) is 9.97 Å². The standard InChI is InChI=1S/C18H30N4O2/c1-5-12(2)16(11-23)21-17(24)15-7-6-8-22(10-15)18-19-13(3)9-14(4)20-18/h9,12,15-16,23H,5-8,10-11H2,1-4H3,(H,21,24)/t12-,15-,16+/m0/s1. The second-order valence-corrected chi connectivity index (χ2v) is 6.92. The number of rotatable bonds is 6. The van der Waals surface area contributed by atoms with E-state index in [1.807, 2.05) is 19.9 Å². The smallest absolute Gasteiger partial charge is 0.225 e. The van der Waals surface area contributed by atoms with E-state index in [-0.39, 0.29) is 30.4 Å². The van der Waals surface area contributed by atoms with E-state index in [2.05, 4.69) is 34.0 Å². The van der Waals surface area contributed by atoms with Crippen molar-refractivity contribution < 1.29 is 9.90 Å². The van der Waals surface area contributed by atoms with Crippen LogP contribution in [-0.2, 0) is 4.79 Å². The molecule has 0 aromatic carbocycles. The van der Waals surface area contributed by atoms with Crippen molar-refractivity contribution in [1.82, 2.24) is 15.3 Å². The molecular weight excluding hydrogens is 304 g/mol. The fourth-order valence-corrected chi connectivity index (χ4v) is 3.17. The minimum absolute atomic E-state index is 0.0165. The molecule has 1 amide bonds. The van der Waals surface area contributed by atoms with Crippen molar-refractivity contribution in [3.8, 4) is 0 Å². The summed E-state index contributed by atoms with van der Waals surface area (Å²) in [6, 6.07) is 1.78. The highest BCUT2D eigenvalue weighted by molar-refractivity contribution is 5.79. The van der Waals surface area contributed by atoms with Gasteiger partial charge < -0.3 is 15.3 Å². The molecule has 134 valence electrons. The normalized spacial score (nSPS) is 20.5. The number of hydrogen-bond donors (Lipinski definition) is 2. The van der Waals surface area contributed by atoms with Crippen molar-refractivity contribution >= 4 is 11.9 Å². The number of anilines is 1. The molecule has 2 N–H and O–H groups in total. The molecule has 2 rings (SSSR count). The fraction of sp³-hybridized carbons (Fsp3) is 0.722. The van der Waals surface area contributed by atoms with Gasteiger partial charge in [-0.15, -0.1) is 0 Å². The predicted molar refractivity (Wildman–Crippen MR) is 94.9 cm³/mol. The Morgan fingerprint density at radius 3 is 2.67 bits per heavy atom. The number of nitrogens with one attached hydrogen (secondary N) is 1. The molecule has 1 aromatic heterocycles. The lowest BCUT2D eigenvalue weighted by molar-refractivity contribution is -0.126. The molecule has 0 spiro atoms. The number of piperidine rings is 1. The molecule has 3 atom stereocenters. The summed E-state index contributed by atoms with van der Waals surface area (Å²) in [5, 5.41) is 12.5. The second-order valence-electron chi connectivity index (χ2n) is 6.92. The Kier molecular flexibility index (Phi) is 6.54. The summed E-state index contributed by atoms with van der Waals surface area (Å²) >= 11 is 0. The molecule has 2 heterocycles. The van der Waals surface area contributed by atoms with Crippen LogP contribution in [0.25, 0.3) is 0 Å². The number of aliphatic hydroxyl groups is 1. The number of carbonyl (C=O) groups is 1. The first-order valence-corrected chi connectivity index (χ1v) is 8.93. The van der Waals surface area contributed by atoms with Gasteiger partial charge >= 0.3 is 0 Å². The SMILES string of the molecule is CC[C@H](C)[C@@H](CO)NC(=O)[C@H]1CCCN(c2nc(C)cc(C)n2)C1. The summed E-state index contributed by atoms with van der Waals surface area (Å²) in [4.78, 5) is 23.7. The lowest BCUT2D eigenvalue weighted by Gasteiger charge is -2.33. The minimum Gasteiger partial charge on any atom is -0.394 e. The van der Waals surface area contributed by atoms with Gasteiger partial charge in [0.05, 0.1) is 18.6 Å². The lowest BCUT2D eigenvalue weighted by Crippen LogP contribution is -2.49. The maximum atomic E-state index is 12.6. The van der Waals surface area contributed by atoms with Gasteiger partial charge in [0.2, 0.25) is 11.9 Å². The number of nitrogens with zero attached hydrogens (tertiary/aromatic N) is 3. The van der Waals surface area contributed by atoms with Gasteiger partial charge in [-0.1, -0.05) is 20.3 Å². The molecule has 1 aliphatic heterocycles. The van der Waals surface area contributed by atoms with Crippen molar-refractivity contribution in [3.05, 3.63) is 17.5 Å². The maximum absolute atomic E-state index is 12.6. The molecule has 1 fully saturated rings. The Hall–Kier alpha value is -1.69. The average molecular weight is 334 g/mol. The number of hydrogen-bond acceptors (Lipinski definition) is 5. The van der Waals surface area contributed by atoms with E-state index < -0.39 is 0 Å². The van der Waals surface area contributed by atoms with E-state index in [1.54, 1.807) is 0 Å². The highest BCUT2D eigenvalue weighted by Crippen LogP contribution is 2.21. The van der Waals surface area contributed by atoms with E-state index in [1.165, 1.54) is 0 Å². The van der Waals surface area contributed by atoms with Crippen LogP contribution in [0, 0.1) is 25.7 Å². The van der Waals surface area contributed by atoms with E-state index in [0.717, 1.165) is 37.2 Å². The number of carbonyl (C=O) groups excluding carboxylic acids is 1. The van der Waals surface area contributed by atoms with Crippen LogP contribution in [0.1, 0.15) is 44.5 Å². The summed E-state index contributed by atoms with van der Waals surface area (Å²) in [6.07, 6.45) is 2.74. The summed E-state index contributed by atoms with van der Waals surface area (Å²) in [5.74, 6) is 0.928. The molecule has 0 saturated carbocycles. The monoisotopic (exact) mass is 334 g/mol. The van der Waals surface area contributed by atoms with Gasteiger partial charge in [0, 0.05) is 24.5 Å². The van der Waals surface area contributed by atoms with Gasteiger partial charge in [0.15, 0.2) is 0 Å². The highest BCUT2D eigenvalue weighted by atomic mass is 16.3. The third-order valence-corrected chi connectivity index (χ3v) is 4.90. The molecule has 6 nitrogen and oxygen atoms in total. The van der Waals surface area contributed by atoms with Crippen LogP contribution >= 0.6 is 0 Å². The van der Waals surface area contributed by atoms with Crippen LogP contribution in [0.2, 0.25) is 0 Å². The first kappa shape index (κ1) is 18.6. The summed E-state index contributed by atoms with van der Waals surface area (Å²) < 4.78 is 0. The molecule has 0 radical (unpaired) electrons. The number of amides is 1. The third-order valence-electron chi connectivity index (χ3n) is 4.90. The largest absolute Gasteiger partial charge is 0.394 e. The summed E-state index contributed by atoms with van der Waals surface area (Å²) in [6.45, 7) is 9.54. The van der Waals surface area contributed by atoms with Gasteiger partial charge in [-0.2, -0.15) is 0 Å². The second kappa shape index (κ2) is 8.42. The first-order valence-electron chi connectivity index (χ1n) is 8.93. The van der Waals surface area contributed by atoms with Crippen LogP contribution in [0.5, 0.6) is 0 Å². The third kappa shape index (κ3) is 4.66. The van der Waals surface area contributed by atoms with Gasteiger partial charge in [-0.05, 0) is 38.7 Å². The predicted octanol–water partition coefficient (Wildman–Crippen LogP) is 1.83. The van der Waals surface area contributed by atoms with Crippen molar-refractivity contribution in [2.24, 2.45) is 11.8 Å². The molecule has 6 heteroatoms. The van der Waals surface area contributed by atoms with Crippen LogP contribution in [0.15, 0.2) is 6.07 Å². The molecule has 24 heavy (non-hydrogen) atoms. The highest BCUT2D eigenvalue weighted by Gasteiger charge is 2.29. The van der Waals surface area contributed by atoms with Crippen LogP contribution in [0.3, 0.4) is 0 Å². The molecule has 0 bridgehead atoms. The van der Waals surface area contributed by atoms with Gasteiger partial charge in [0.1, 0.15) is 0 Å². The Morgan fingerprint density at radius 2 is 2.08 bits per heavy atom. The van der Waals surface area contributed by atoms with Crippen LogP contribution in [0.4, 0.5) is 5.95 Å². The minimum atomic E-state index is -0.171. The molecule has 1 aliphatic rings. The van der Waals surface area contributed by atoms with Crippen LogP contribution < -0.4 is 10.2 Å². The van der Waals surface area contributed by atoms with Crippen LogP contribution in [-0.4, -0.2) is 46.7 Å². The lowest BCUT2D eigenvalue weighted by atomic mass is 9.95. The van der Waals surface area contributed by atoms with E-state index in [0.29, 0.717) is 12.5 Å².